The van der Waals surface area contributed by atoms with Crippen LogP contribution in [0.1, 0.15) is 12.5 Å². The fraction of sp³-hybridized carbons (Fsp3) is 0.176. The molecule has 7 nitrogen and oxygen atoms in total. The maximum Gasteiger partial charge on any atom is 0.201 e. The SMILES string of the molecule is CC(O)CNc1nc2c(F)c(F)cc(/C(=N/O)Nc3ccc(F)c(Cl)c3)c2[nH]1. The molecule has 1 atom stereocenters. The van der Waals surface area contributed by atoms with Crippen LogP contribution >= 0.6 is 11.6 Å². The number of fused-ring (bicyclic) bond motifs is 1. The molecule has 28 heavy (non-hydrogen) atoms. The Hall–Kier alpha value is -2.98. The molecule has 5 N–H and O–H groups in total. The Morgan fingerprint density at radius 2 is 2.04 bits per heavy atom. The number of nitrogens with zero attached hydrogens (tertiary/aromatic N) is 2. The lowest BCUT2D eigenvalue weighted by Gasteiger charge is -2.10. The van der Waals surface area contributed by atoms with Crippen LogP contribution in [0.15, 0.2) is 29.4 Å². The van der Waals surface area contributed by atoms with Crippen LogP contribution in [-0.2, 0) is 0 Å². The Bertz CT molecular complexity index is 1050. The van der Waals surface area contributed by atoms with Crippen molar-refractivity contribution in [3.63, 3.8) is 0 Å². The van der Waals surface area contributed by atoms with Crippen LogP contribution in [0.2, 0.25) is 5.02 Å². The number of aromatic nitrogens is 2. The van der Waals surface area contributed by atoms with E-state index in [1.165, 1.54) is 19.1 Å². The van der Waals surface area contributed by atoms with E-state index in [2.05, 4.69) is 25.8 Å². The first-order chi connectivity index (χ1) is 13.3. The zero-order valence-corrected chi connectivity index (χ0v) is 15.2. The molecule has 0 radical (unpaired) electrons. The van der Waals surface area contributed by atoms with Gasteiger partial charge in [-0.3, -0.25) is 0 Å². The first-order valence-electron chi connectivity index (χ1n) is 8.04. The van der Waals surface area contributed by atoms with Gasteiger partial charge >= 0.3 is 0 Å². The predicted octanol–water partition coefficient (Wildman–Crippen LogP) is 3.67. The third-order valence-corrected chi connectivity index (χ3v) is 4.05. The second-order valence-electron chi connectivity index (χ2n) is 5.96. The van der Waals surface area contributed by atoms with Crippen molar-refractivity contribution in [2.24, 2.45) is 5.16 Å². The minimum absolute atomic E-state index is 0.0329. The Morgan fingerprint density at radius 1 is 1.29 bits per heavy atom. The average molecular weight is 414 g/mol. The van der Waals surface area contributed by atoms with Crippen LogP contribution in [-0.4, -0.2) is 38.8 Å². The van der Waals surface area contributed by atoms with E-state index >= 15 is 0 Å². The molecule has 0 spiro atoms. The maximum absolute atomic E-state index is 14.2. The number of benzene rings is 2. The van der Waals surface area contributed by atoms with E-state index in [0.29, 0.717) is 0 Å². The molecule has 0 amide bonds. The monoisotopic (exact) mass is 413 g/mol. The summed E-state index contributed by atoms with van der Waals surface area (Å²) < 4.78 is 41.5. The highest BCUT2D eigenvalue weighted by Gasteiger charge is 2.20. The number of aliphatic hydroxyl groups is 1. The second-order valence-corrected chi connectivity index (χ2v) is 6.37. The van der Waals surface area contributed by atoms with Crippen LogP contribution in [0.5, 0.6) is 0 Å². The summed E-state index contributed by atoms with van der Waals surface area (Å²) in [5.41, 5.74) is -0.0674. The van der Waals surface area contributed by atoms with Crippen molar-refractivity contribution in [3.05, 3.63) is 52.3 Å². The van der Waals surface area contributed by atoms with E-state index in [9.17, 15) is 23.5 Å². The number of halogens is 4. The number of H-pyrrole nitrogens is 1. The van der Waals surface area contributed by atoms with Gasteiger partial charge in [0.25, 0.3) is 0 Å². The number of nitrogens with one attached hydrogen (secondary N) is 3. The summed E-state index contributed by atoms with van der Waals surface area (Å²) in [6, 6.07) is 4.48. The lowest BCUT2D eigenvalue weighted by atomic mass is 10.1. The van der Waals surface area contributed by atoms with Crippen molar-refractivity contribution >= 4 is 40.1 Å². The van der Waals surface area contributed by atoms with Crippen LogP contribution < -0.4 is 10.6 Å². The molecule has 3 rings (SSSR count). The van der Waals surface area contributed by atoms with Gasteiger partial charge in [0.15, 0.2) is 17.5 Å². The minimum atomic E-state index is -1.21. The van der Waals surface area contributed by atoms with E-state index in [4.69, 9.17) is 11.6 Å². The average Bonchev–Trinajstić information content (AvgIpc) is 3.08. The van der Waals surface area contributed by atoms with Gasteiger partial charge in [0.05, 0.1) is 16.6 Å². The Labute approximate surface area is 161 Å². The molecule has 0 aliphatic rings. The standard InChI is InChI=1S/C17H15ClF3N5O2/c1-7(27)6-22-17-24-14-9(5-12(20)13(21)15(14)25-17)16(26-28)23-8-2-3-11(19)10(18)4-8/h2-5,7,27-28H,6H2,1H3,(H,23,26)(H2,22,24,25). The molecule has 3 aromatic rings. The topological polar surface area (TPSA) is 106 Å². The van der Waals surface area contributed by atoms with E-state index in [1.54, 1.807) is 0 Å². The molecule has 0 saturated carbocycles. The molecule has 148 valence electrons. The minimum Gasteiger partial charge on any atom is -0.409 e. The number of hydrogen-bond acceptors (Lipinski definition) is 5. The maximum atomic E-state index is 14.2. The number of aromatic amines is 1. The quantitative estimate of drug-likeness (QED) is 0.190. The molecular weight excluding hydrogens is 399 g/mol. The summed E-state index contributed by atoms with van der Waals surface area (Å²) >= 11 is 5.72. The molecule has 1 heterocycles. The first-order valence-corrected chi connectivity index (χ1v) is 8.42. The molecule has 0 aliphatic carbocycles. The molecule has 2 aromatic carbocycles. The Kier molecular flexibility index (Phi) is 5.61. The van der Waals surface area contributed by atoms with Gasteiger partial charge in [0, 0.05) is 17.8 Å². The van der Waals surface area contributed by atoms with Crippen LogP contribution in [0, 0.1) is 17.5 Å². The van der Waals surface area contributed by atoms with Crippen molar-refractivity contribution < 1.29 is 23.5 Å². The van der Waals surface area contributed by atoms with Gasteiger partial charge in [-0.2, -0.15) is 0 Å². The number of oxime groups is 1. The number of amidine groups is 1. The lowest BCUT2D eigenvalue weighted by molar-refractivity contribution is 0.208. The third-order valence-electron chi connectivity index (χ3n) is 3.76. The van der Waals surface area contributed by atoms with Gasteiger partial charge in [-0.25, -0.2) is 18.2 Å². The van der Waals surface area contributed by atoms with Crippen molar-refractivity contribution in [2.75, 3.05) is 17.2 Å². The lowest BCUT2D eigenvalue weighted by Crippen LogP contribution is -2.16. The number of hydrogen-bond donors (Lipinski definition) is 5. The number of rotatable bonds is 5. The zero-order valence-electron chi connectivity index (χ0n) is 14.4. The van der Waals surface area contributed by atoms with E-state index in [0.717, 1.165) is 12.1 Å². The Balaban J connectivity index is 2.04. The highest BCUT2D eigenvalue weighted by Crippen LogP contribution is 2.26. The van der Waals surface area contributed by atoms with Gasteiger partial charge in [0.1, 0.15) is 11.3 Å². The summed E-state index contributed by atoms with van der Waals surface area (Å²) in [7, 11) is 0. The molecule has 0 fully saturated rings. The summed E-state index contributed by atoms with van der Waals surface area (Å²) in [4.78, 5) is 6.68. The number of aliphatic hydroxyl groups excluding tert-OH is 1. The van der Waals surface area contributed by atoms with Crippen LogP contribution in [0.4, 0.5) is 24.8 Å². The van der Waals surface area contributed by atoms with Gasteiger partial charge in [0.2, 0.25) is 5.95 Å². The largest absolute Gasteiger partial charge is 0.409 e. The molecule has 11 heteroatoms. The zero-order chi connectivity index (χ0) is 20.4. The summed E-state index contributed by atoms with van der Waals surface area (Å²) in [5, 5.41) is 27.0. The number of anilines is 2. The molecule has 0 bridgehead atoms. The van der Waals surface area contributed by atoms with Gasteiger partial charge in [-0.15, -0.1) is 0 Å². The molecule has 1 aromatic heterocycles. The van der Waals surface area contributed by atoms with E-state index in [-0.39, 0.29) is 45.6 Å². The van der Waals surface area contributed by atoms with Crippen molar-refractivity contribution in [1.82, 2.24) is 9.97 Å². The van der Waals surface area contributed by atoms with Crippen molar-refractivity contribution in [2.45, 2.75) is 13.0 Å². The van der Waals surface area contributed by atoms with Crippen molar-refractivity contribution in [1.29, 1.82) is 0 Å². The molecule has 1 unspecified atom stereocenters. The highest BCUT2D eigenvalue weighted by molar-refractivity contribution is 6.31. The van der Waals surface area contributed by atoms with Gasteiger partial charge in [-0.1, -0.05) is 16.8 Å². The summed E-state index contributed by atoms with van der Waals surface area (Å²) in [5.74, 6) is -3.22. The number of imidazole rings is 1. The van der Waals surface area contributed by atoms with Crippen molar-refractivity contribution in [3.8, 4) is 0 Å². The van der Waals surface area contributed by atoms with E-state index in [1.807, 2.05) is 0 Å². The van der Waals surface area contributed by atoms with Gasteiger partial charge < -0.3 is 25.9 Å². The molecular formula is C17H15ClF3N5O2. The predicted molar refractivity (Wildman–Crippen MR) is 99.5 cm³/mol. The Morgan fingerprint density at radius 3 is 2.68 bits per heavy atom. The third kappa shape index (κ3) is 3.97. The summed E-state index contributed by atoms with van der Waals surface area (Å²) in [6.45, 7) is 1.65. The van der Waals surface area contributed by atoms with Crippen LogP contribution in [0.3, 0.4) is 0 Å². The fourth-order valence-corrected chi connectivity index (χ4v) is 2.65. The normalized spacial score (nSPS) is 13.0. The van der Waals surface area contributed by atoms with Crippen LogP contribution in [0.25, 0.3) is 11.0 Å². The summed E-state index contributed by atoms with van der Waals surface area (Å²) in [6.07, 6.45) is -0.700. The van der Waals surface area contributed by atoms with Gasteiger partial charge in [-0.05, 0) is 31.2 Å². The van der Waals surface area contributed by atoms with E-state index < -0.39 is 23.6 Å². The highest BCUT2D eigenvalue weighted by atomic mass is 35.5. The first kappa shape index (κ1) is 19.8. The smallest absolute Gasteiger partial charge is 0.201 e. The fourth-order valence-electron chi connectivity index (χ4n) is 2.47. The molecule has 0 saturated heterocycles. The second kappa shape index (κ2) is 7.95. The molecule has 0 aliphatic heterocycles.